The standard InChI is InChI=1S/C23H24F3N5O2/c1-16(31-15-27-19-8-4-5-9-20(19)31)22(33)30-12-10-29(11-13-30)14-21(32)28-18-7-3-2-6-17(18)23(24,25)26/h2-9,15-16H,10-14H2,1H3,(H,28,32). The second-order valence-corrected chi connectivity index (χ2v) is 8.01. The molecule has 10 heteroatoms. The Bertz CT molecular complexity index is 1150. The smallest absolute Gasteiger partial charge is 0.338 e. The first-order valence-corrected chi connectivity index (χ1v) is 10.6. The number of halogens is 3. The topological polar surface area (TPSA) is 70.5 Å². The number of anilines is 1. The minimum atomic E-state index is -4.55. The van der Waals surface area contributed by atoms with Crippen LogP contribution in [0.15, 0.2) is 54.9 Å². The van der Waals surface area contributed by atoms with Crippen LogP contribution < -0.4 is 5.32 Å². The molecule has 2 heterocycles. The molecule has 0 bridgehead atoms. The first-order chi connectivity index (χ1) is 15.7. The largest absolute Gasteiger partial charge is 0.418 e. The number of hydrogen-bond donors (Lipinski definition) is 1. The van der Waals surface area contributed by atoms with Crippen LogP contribution in [0.25, 0.3) is 11.0 Å². The van der Waals surface area contributed by atoms with Crippen molar-refractivity contribution in [3.63, 3.8) is 0 Å². The Kier molecular flexibility index (Phi) is 6.37. The fourth-order valence-electron chi connectivity index (χ4n) is 4.03. The third-order valence-electron chi connectivity index (χ3n) is 5.81. The maximum atomic E-state index is 13.1. The van der Waals surface area contributed by atoms with Gasteiger partial charge in [-0.05, 0) is 31.2 Å². The average molecular weight is 459 g/mol. The van der Waals surface area contributed by atoms with Crippen LogP contribution in [0, 0.1) is 0 Å². The summed E-state index contributed by atoms with van der Waals surface area (Å²) in [5.41, 5.74) is 0.563. The van der Waals surface area contributed by atoms with Gasteiger partial charge in [0.2, 0.25) is 11.8 Å². The van der Waals surface area contributed by atoms with E-state index in [1.807, 2.05) is 40.7 Å². The number of imidazole rings is 1. The second-order valence-electron chi connectivity index (χ2n) is 8.01. The molecule has 1 aliphatic heterocycles. The van der Waals surface area contributed by atoms with E-state index < -0.39 is 23.7 Å². The van der Waals surface area contributed by atoms with Gasteiger partial charge >= 0.3 is 6.18 Å². The fourth-order valence-corrected chi connectivity index (χ4v) is 4.03. The molecule has 1 saturated heterocycles. The number of fused-ring (bicyclic) bond motifs is 1. The summed E-state index contributed by atoms with van der Waals surface area (Å²) < 4.78 is 41.2. The summed E-state index contributed by atoms with van der Waals surface area (Å²) in [5.74, 6) is -0.564. The van der Waals surface area contributed by atoms with Crippen molar-refractivity contribution in [2.45, 2.75) is 19.1 Å². The van der Waals surface area contributed by atoms with Gasteiger partial charge in [0.25, 0.3) is 0 Å². The van der Waals surface area contributed by atoms with Crippen LogP contribution >= 0.6 is 0 Å². The summed E-state index contributed by atoms with van der Waals surface area (Å²) in [5, 5.41) is 2.36. The van der Waals surface area contributed by atoms with Gasteiger partial charge in [-0.25, -0.2) is 4.98 Å². The van der Waals surface area contributed by atoms with E-state index in [0.717, 1.165) is 17.1 Å². The molecule has 2 amide bonds. The lowest BCUT2D eigenvalue weighted by atomic mass is 10.1. The number of para-hydroxylation sites is 3. The summed E-state index contributed by atoms with van der Waals surface area (Å²) >= 11 is 0. The predicted molar refractivity (Wildman–Crippen MR) is 118 cm³/mol. The van der Waals surface area contributed by atoms with Gasteiger partial charge < -0.3 is 14.8 Å². The summed E-state index contributed by atoms with van der Waals surface area (Å²) in [6, 6.07) is 12.1. The van der Waals surface area contributed by atoms with Crippen molar-refractivity contribution in [3.05, 3.63) is 60.4 Å². The highest BCUT2D eigenvalue weighted by atomic mass is 19.4. The minimum Gasteiger partial charge on any atom is -0.338 e. The van der Waals surface area contributed by atoms with Crippen LogP contribution in [-0.2, 0) is 15.8 Å². The number of nitrogens with zero attached hydrogens (tertiary/aromatic N) is 4. The zero-order valence-electron chi connectivity index (χ0n) is 18.0. The van der Waals surface area contributed by atoms with E-state index >= 15 is 0 Å². The molecule has 1 atom stereocenters. The molecule has 7 nitrogen and oxygen atoms in total. The zero-order valence-corrected chi connectivity index (χ0v) is 18.0. The first kappa shape index (κ1) is 22.8. The number of hydrogen-bond acceptors (Lipinski definition) is 4. The number of nitrogens with one attached hydrogen (secondary N) is 1. The highest BCUT2D eigenvalue weighted by Crippen LogP contribution is 2.34. The molecular formula is C23H24F3N5O2. The van der Waals surface area contributed by atoms with Crippen LogP contribution in [0.5, 0.6) is 0 Å². The Morgan fingerprint density at radius 1 is 1.03 bits per heavy atom. The third kappa shape index (κ3) is 5.00. The van der Waals surface area contributed by atoms with Crippen molar-refractivity contribution in [1.82, 2.24) is 19.4 Å². The molecule has 0 spiro atoms. The molecule has 1 fully saturated rings. The second kappa shape index (κ2) is 9.22. The Morgan fingerprint density at radius 3 is 2.42 bits per heavy atom. The van der Waals surface area contributed by atoms with Gasteiger partial charge in [-0.3, -0.25) is 14.5 Å². The molecule has 1 aromatic heterocycles. The monoisotopic (exact) mass is 459 g/mol. The molecule has 1 unspecified atom stereocenters. The van der Waals surface area contributed by atoms with E-state index in [0.29, 0.717) is 26.2 Å². The van der Waals surface area contributed by atoms with E-state index in [4.69, 9.17) is 0 Å². The van der Waals surface area contributed by atoms with Crippen molar-refractivity contribution in [1.29, 1.82) is 0 Å². The summed E-state index contributed by atoms with van der Waals surface area (Å²) in [4.78, 5) is 33.3. The number of alkyl halides is 3. The summed E-state index contributed by atoms with van der Waals surface area (Å²) in [7, 11) is 0. The average Bonchev–Trinajstić information content (AvgIpc) is 3.22. The van der Waals surface area contributed by atoms with Crippen LogP contribution in [0.2, 0.25) is 0 Å². The number of benzene rings is 2. The third-order valence-corrected chi connectivity index (χ3v) is 5.81. The highest BCUT2D eigenvalue weighted by Gasteiger charge is 2.34. The lowest BCUT2D eigenvalue weighted by Crippen LogP contribution is -2.51. The van der Waals surface area contributed by atoms with Crippen LogP contribution in [-0.4, -0.2) is 63.9 Å². The van der Waals surface area contributed by atoms with Gasteiger partial charge in [0, 0.05) is 26.2 Å². The number of carbonyl (C=O) groups is 2. The van der Waals surface area contributed by atoms with E-state index in [1.165, 1.54) is 18.2 Å². The molecular weight excluding hydrogens is 435 g/mol. The van der Waals surface area contributed by atoms with Crippen molar-refractivity contribution in [2.24, 2.45) is 0 Å². The molecule has 2 aromatic carbocycles. The van der Waals surface area contributed by atoms with E-state index in [9.17, 15) is 22.8 Å². The Labute approximate surface area is 188 Å². The maximum Gasteiger partial charge on any atom is 0.418 e. The number of amides is 2. The number of piperazine rings is 1. The van der Waals surface area contributed by atoms with Crippen LogP contribution in [0.3, 0.4) is 0 Å². The van der Waals surface area contributed by atoms with Gasteiger partial charge in [0.05, 0.1) is 35.2 Å². The number of aromatic nitrogens is 2. The number of rotatable bonds is 5. The van der Waals surface area contributed by atoms with E-state index in [1.54, 1.807) is 11.2 Å². The Hall–Kier alpha value is -3.40. The predicted octanol–water partition coefficient (Wildman–Crippen LogP) is 3.40. The normalized spacial score (nSPS) is 16.1. The van der Waals surface area contributed by atoms with Gasteiger partial charge in [-0.2, -0.15) is 13.2 Å². The lowest BCUT2D eigenvalue weighted by molar-refractivity contribution is -0.137. The van der Waals surface area contributed by atoms with Crippen molar-refractivity contribution in [2.75, 3.05) is 38.0 Å². The Balaban J connectivity index is 1.32. The van der Waals surface area contributed by atoms with Gasteiger partial charge in [0.15, 0.2) is 0 Å². The molecule has 4 rings (SSSR count). The molecule has 1 aliphatic rings. The van der Waals surface area contributed by atoms with Gasteiger partial charge in [-0.1, -0.05) is 24.3 Å². The van der Waals surface area contributed by atoms with Crippen molar-refractivity contribution < 1.29 is 22.8 Å². The number of carbonyl (C=O) groups excluding carboxylic acids is 2. The molecule has 3 aromatic rings. The first-order valence-electron chi connectivity index (χ1n) is 10.6. The lowest BCUT2D eigenvalue weighted by Gasteiger charge is -2.35. The minimum absolute atomic E-state index is 0.0404. The van der Waals surface area contributed by atoms with Gasteiger partial charge in [0.1, 0.15) is 6.04 Å². The molecule has 0 radical (unpaired) electrons. The van der Waals surface area contributed by atoms with Crippen LogP contribution in [0.1, 0.15) is 18.5 Å². The van der Waals surface area contributed by atoms with E-state index in [-0.39, 0.29) is 18.1 Å². The molecule has 1 N–H and O–H groups in total. The SMILES string of the molecule is CC(C(=O)N1CCN(CC(=O)Nc2ccccc2C(F)(F)F)CC1)n1cnc2ccccc21. The zero-order chi connectivity index (χ0) is 23.6. The van der Waals surface area contributed by atoms with Crippen molar-refractivity contribution in [3.8, 4) is 0 Å². The summed E-state index contributed by atoms with van der Waals surface area (Å²) in [6.07, 6.45) is -2.89. The highest BCUT2D eigenvalue weighted by molar-refractivity contribution is 5.93. The molecule has 0 saturated carbocycles. The molecule has 33 heavy (non-hydrogen) atoms. The Morgan fingerprint density at radius 2 is 1.70 bits per heavy atom. The van der Waals surface area contributed by atoms with E-state index in [2.05, 4.69) is 10.3 Å². The quantitative estimate of drug-likeness (QED) is 0.635. The van der Waals surface area contributed by atoms with Gasteiger partial charge in [-0.15, -0.1) is 0 Å². The molecule has 174 valence electrons. The molecule has 0 aliphatic carbocycles. The van der Waals surface area contributed by atoms with Crippen LogP contribution in [0.4, 0.5) is 18.9 Å². The van der Waals surface area contributed by atoms with Crippen molar-refractivity contribution >= 4 is 28.5 Å². The summed E-state index contributed by atoms with van der Waals surface area (Å²) in [6.45, 7) is 3.56. The fraction of sp³-hybridized carbons (Fsp3) is 0.348. The maximum absolute atomic E-state index is 13.1.